The maximum Gasteiger partial charge on any atom is 0.312 e. The van der Waals surface area contributed by atoms with E-state index >= 15 is 0 Å². The molecule has 0 heterocycles. The molecule has 2 aromatic carbocycles. The Kier molecular flexibility index (Phi) is 4.40. The summed E-state index contributed by atoms with van der Waals surface area (Å²) in [5.41, 5.74) is 2.61. The molecule has 0 aliphatic heterocycles. The van der Waals surface area contributed by atoms with Crippen LogP contribution in [0.4, 0.5) is 4.39 Å². The van der Waals surface area contributed by atoms with E-state index in [9.17, 15) is 9.18 Å². The number of methoxy groups -OCH3 is 1. The Labute approximate surface area is 122 Å². The molecule has 0 aliphatic rings. The molecule has 4 heteroatoms. The minimum atomic E-state index is -0.439. The van der Waals surface area contributed by atoms with E-state index in [1.54, 1.807) is 19.1 Å². The molecule has 20 heavy (non-hydrogen) atoms. The van der Waals surface area contributed by atoms with Crippen molar-refractivity contribution in [3.05, 3.63) is 58.9 Å². The monoisotopic (exact) mass is 292 g/mol. The summed E-state index contributed by atoms with van der Waals surface area (Å²) in [5.74, 6) is -1.03. The van der Waals surface area contributed by atoms with E-state index in [0.29, 0.717) is 0 Å². The molecule has 0 fully saturated rings. The van der Waals surface area contributed by atoms with Crippen molar-refractivity contribution >= 4 is 17.6 Å². The van der Waals surface area contributed by atoms with Gasteiger partial charge in [0, 0.05) is 0 Å². The van der Waals surface area contributed by atoms with Gasteiger partial charge in [0.1, 0.15) is 5.82 Å². The topological polar surface area (TPSA) is 26.3 Å². The van der Waals surface area contributed by atoms with Crippen molar-refractivity contribution in [2.75, 3.05) is 7.11 Å². The second-order valence-electron chi connectivity index (χ2n) is 4.50. The molecule has 0 saturated heterocycles. The van der Waals surface area contributed by atoms with E-state index in [4.69, 9.17) is 16.3 Å². The van der Waals surface area contributed by atoms with Crippen LogP contribution in [-0.4, -0.2) is 13.1 Å². The van der Waals surface area contributed by atoms with Crippen LogP contribution in [0.3, 0.4) is 0 Å². The molecule has 0 aromatic heterocycles. The third kappa shape index (κ3) is 2.99. The molecule has 2 nitrogen and oxygen atoms in total. The number of rotatable bonds is 3. The Morgan fingerprint density at radius 3 is 2.30 bits per heavy atom. The number of hydrogen-bond donors (Lipinski definition) is 0. The van der Waals surface area contributed by atoms with Crippen LogP contribution >= 0.6 is 11.6 Å². The minimum Gasteiger partial charge on any atom is -0.469 e. The fraction of sp³-hybridized carbons (Fsp3) is 0.188. The average molecular weight is 293 g/mol. The first-order valence-corrected chi connectivity index (χ1v) is 6.54. The number of ether oxygens (including phenoxy) is 1. The van der Waals surface area contributed by atoms with Crippen molar-refractivity contribution in [1.29, 1.82) is 0 Å². The van der Waals surface area contributed by atoms with Gasteiger partial charge in [-0.3, -0.25) is 4.79 Å². The van der Waals surface area contributed by atoms with Crippen molar-refractivity contribution in [3.63, 3.8) is 0 Å². The molecule has 0 radical (unpaired) electrons. The zero-order valence-corrected chi connectivity index (χ0v) is 11.9. The van der Waals surface area contributed by atoms with Gasteiger partial charge < -0.3 is 4.74 Å². The van der Waals surface area contributed by atoms with Crippen LogP contribution < -0.4 is 0 Å². The number of esters is 1. The Hall–Kier alpha value is -1.87. The summed E-state index contributed by atoms with van der Waals surface area (Å²) in [6.45, 7) is 1.79. The second-order valence-corrected chi connectivity index (χ2v) is 4.90. The fourth-order valence-corrected chi connectivity index (χ4v) is 2.13. The summed E-state index contributed by atoms with van der Waals surface area (Å²) >= 11 is 5.77. The summed E-state index contributed by atoms with van der Waals surface area (Å²) < 4.78 is 17.8. The first-order chi connectivity index (χ1) is 9.52. The highest BCUT2D eigenvalue weighted by Crippen LogP contribution is 2.26. The Balaban J connectivity index is 2.28. The molecule has 104 valence electrons. The molecule has 2 rings (SSSR count). The molecule has 2 aromatic rings. The van der Waals surface area contributed by atoms with Gasteiger partial charge in [-0.25, -0.2) is 4.39 Å². The highest BCUT2D eigenvalue weighted by molar-refractivity contribution is 6.31. The highest BCUT2D eigenvalue weighted by atomic mass is 35.5. The number of benzene rings is 2. The van der Waals surface area contributed by atoms with Crippen LogP contribution in [0.5, 0.6) is 0 Å². The quantitative estimate of drug-likeness (QED) is 0.783. The lowest BCUT2D eigenvalue weighted by Crippen LogP contribution is -2.10. The van der Waals surface area contributed by atoms with Gasteiger partial charge in [-0.2, -0.15) is 0 Å². The van der Waals surface area contributed by atoms with Gasteiger partial charge in [0.05, 0.1) is 18.1 Å². The largest absolute Gasteiger partial charge is 0.469 e. The summed E-state index contributed by atoms with van der Waals surface area (Å²) in [4.78, 5) is 11.5. The lowest BCUT2D eigenvalue weighted by molar-refractivity contribution is -0.141. The maximum absolute atomic E-state index is 13.1. The molecular formula is C16H14ClFO2. The van der Waals surface area contributed by atoms with Gasteiger partial charge in [0.15, 0.2) is 0 Å². The predicted molar refractivity (Wildman–Crippen MR) is 77.3 cm³/mol. The Morgan fingerprint density at radius 2 is 1.75 bits per heavy atom. The van der Waals surface area contributed by atoms with Gasteiger partial charge >= 0.3 is 5.97 Å². The molecule has 0 bridgehead atoms. The maximum atomic E-state index is 13.1. The standard InChI is InChI=1S/C16H14ClFO2/c1-10(16(19)20-2)11-3-5-12(6-4-11)13-7-8-15(18)14(17)9-13/h3-10H,1-2H3. The van der Waals surface area contributed by atoms with Crippen molar-refractivity contribution in [2.24, 2.45) is 0 Å². The van der Waals surface area contributed by atoms with Gasteiger partial charge in [-0.15, -0.1) is 0 Å². The number of halogens is 2. The number of carbonyl (C=O) groups excluding carboxylic acids is 1. The lowest BCUT2D eigenvalue weighted by Gasteiger charge is -2.10. The summed E-state index contributed by atoms with van der Waals surface area (Å²) in [5, 5.41) is 0.0921. The molecule has 0 N–H and O–H groups in total. The first-order valence-electron chi connectivity index (χ1n) is 6.16. The fourth-order valence-electron chi connectivity index (χ4n) is 1.95. The predicted octanol–water partition coefficient (Wildman–Crippen LogP) is 4.42. The molecule has 1 unspecified atom stereocenters. The summed E-state index contributed by atoms with van der Waals surface area (Å²) in [6.07, 6.45) is 0. The van der Waals surface area contributed by atoms with Gasteiger partial charge in [-0.05, 0) is 35.7 Å². The zero-order chi connectivity index (χ0) is 14.7. The third-order valence-electron chi connectivity index (χ3n) is 3.22. The Morgan fingerprint density at radius 1 is 1.15 bits per heavy atom. The Bertz CT molecular complexity index is 623. The van der Waals surface area contributed by atoms with Gasteiger partial charge in [0.25, 0.3) is 0 Å². The smallest absolute Gasteiger partial charge is 0.312 e. The summed E-state index contributed by atoms with van der Waals surface area (Å²) in [7, 11) is 1.37. The van der Waals surface area contributed by atoms with E-state index in [1.807, 2.05) is 24.3 Å². The molecular weight excluding hydrogens is 279 g/mol. The zero-order valence-electron chi connectivity index (χ0n) is 11.2. The lowest BCUT2D eigenvalue weighted by atomic mass is 9.97. The molecule has 1 atom stereocenters. The van der Waals surface area contributed by atoms with Crippen LogP contribution in [0.25, 0.3) is 11.1 Å². The molecule has 0 amide bonds. The van der Waals surface area contributed by atoms with Crippen LogP contribution in [0.1, 0.15) is 18.4 Å². The number of carbonyl (C=O) groups is 1. The van der Waals surface area contributed by atoms with Crippen LogP contribution in [-0.2, 0) is 9.53 Å². The van der Waals surface area contributed by atoms with E-state index in [1.165, 1.54) is 13.2 Å². The van der Waals surface area contributed by atoms with Crippen molar-refractivity contribution < 1.29 is 13.9 Å². The summed E-state index contributed by atoms with van der Waals surface area (Å²) in [6, 6.07) is 12.0. The van der Waals surface area contributed by atoms with Crippen molar-refractivity contribution in [3.8, 4) is 11.1 Å². The van der Waals surface area contributed by atoms with Gasteiger partial charge in [0.2, 0.25) is 0 Å². The molecule has 0 spiro atoms. The average Bonchev–Trinajstić information content (AvgIpc) is 2.48. The molecule has 0 saturated carbocycles. The van der Waals surface area contributed by atoms with E-state index in [0.717, 1.165) is 16.7 Å². The van der Waals surface area contributed by atoms with E-state index in [2.05, 4.69) is 0 Å². The van der Waals surface area contributed by atoms with Crippen LogP contribution in [0, 0.1) is 5.82 Å². The van der Waals surface area contributed by atoms with E-state index < -0.39 is 5.82 Å². The SMILES string of the molecule is COC(=O)C(C)c1ccc(-c2ccc(F)c(Cl)c2)cc1. The first kappa shape index (κ1) is 14.5. The minimum absolute atomic E-state index is 0.0921. The van der Waals surface area contributed by atoms with Crippen molar-refractivity contribution in [2.45, 2.75) is 12.8 Å². The second kappa shape index (κ2) is 6.06. The third-order valence-corrected chi connectivity index (χ3v) is 3.51. The van der Waals surface area contributed by atoms with Crippen LogP contribution in [0.2, 0.25) is 5.02 Å². The normalized spacial score (nSPS) is 12.0. The van der Waals surface area contributed by atoms with E-state index in [-0.39, 0.29) is 16.9 Å². The van der Waals surface area contributed by atoms with Crippen molar-refractivity contribution in [1.82, 2.24) is 0 Å². The highest BCUT2D eigenvalue weighted by Gasteiger charge is 2.15. The van der Waals surface area contributed by atoms with Gasteiger partial charge in [-0.1, -0.05) is 41.9 Å². The number of hydrogen-bond acceptors (Lipinski definition) is 2. The molecule has 0 aliphatic carbocycles. The van der Waals surface area contributed by atoms with Crippen LogP contribution in [0.15, 0.2) is 42.5 Å².